The molecule has 136 valence electrons. The van der Waals surface area contributed by atoms with Crippen LogP contribution in [-0.4, -0.2) is 29.4 Å². The number of halogens is 3. The van der Waals surface area contributed by atoms with E-state index < -0.39 is 12.3 Å². The molecule has 3 aromatic rings. The highest BCUT2D eigenvalue weighted by atomic mass is 19.4. The van der Waals surface area contributed by atoms with Crippen LogP contribution < -0.4 is 4.74 Å². The molecule has 1 aromatic heterocycles. The van der Waals surface area contributed by atoms with Crippen LogP contribution in [0.3, 0.4) is 0 Å². The average Bonchev–Trinajstić information content (AvgIpc) is 2.95. The minimum Gasteiger partial charge on any atom is -0.465 e. The second kappa shape index (κ2) is 6.70. The molecule has 0 amide bonds. The number of aromatic nitrogens is 2. The number of nitrogens with zero attached hydrogens (tertiary/aromatic N) is 1. The van der Waals surface area contributed by atoms with Crippen molar-refractivity contribution >= 4 is 17.0 Å². The van der Waals surface area contributed by atoms with Crippen LogP contribution in [0.5, 0.6) is 5.75 Å². The van der Waals surface area contributed by atoms with Gasteiger partial charge in [0.1, 0.15) is 11.6 Å². The molecule has 5 nitrogen and oxygen atoms in total. The number of nitrogens with one attached hydrogen (secondary N) is 1. The average molecular weight is 364 g/mol. The lowest BCUT2D eigenvalue weighted by Gasteiger charge is -2.08. The van der Waals surface area contributed by atoms with E-state index in [0.29, 0.717) is 23.3 Å². The first-order valence-corrected chi connectivity index (χ1v) is 7.67. The van der Waals surface area contributed by atoms with Gasteiger partial charge in [-0.2, -0.15) is 0 Å². The molecule has 0 aliphatic rings. The number of carbonyl (C=O) groups excluding carboxylic acids is 1. The lowest BCUT2D eigenvalue weighted by atomic mass is 10.1. The molecule has 0 spiro atoms. The molecule has 0 unspecified atom stereocenters. The van der Waals surface area contributed by atoms with Crippen molar-refractivity contribution in [3.63, 3.8) is 0 Å². The maximum absolute atomic E-state index is 12.2. The van der Waals surface area contributed by atoms with E-state index in [1.54, 1.807) is 31.2 Å². The number of methoxy groups -OCH3 is 1. The molecule has 0 aliphatic carbocycles. The van der Waals surface area contributed by atoms with Gasteiger partial charge in [0.25, 0.3) is 0 Å². The van der Waals surface area contributed by atoms with Crippen molar-refractivity contribution < 1.29 is 27.4 Å². The van der Waals surface area contributed by atoms with Gasteiger partial charge >= 0.3 is 12.3 Å². The molecule has 0 fully saturated rings. The molecule has 0 radical (unpaired) electrons. The van der Waals surface area contributed by atoms with Gasteiger partial charge < -0.3 is 14.5 Å². The third-order valence-corrected chi connectivity index (χ3v) is 3.81. The minimum absolute atomic E-state index is 0.274. The first kappa shape index (κ1) is 17.8. The highest BCUT2D eigenvalue weighted by molar-refractivity contribution is 5.95. The van der Waals surface area contributed by atoms with Gasteiger partial charge in [0, 0.05) is 6.42 Å². The Morgan fingerprint density at radius 3 is 2.50 bits per heavy atom. The van der Waals surface area contributed by atoms with E-state index in [1.165, 1.54) is 19.2 Å². The molecule has 0 saturated carbocycles. The van der Waals surface area contributed by atoms with Crippen LogP contribution >= 0.6 is 0 Å². The summed E-state index contributed by atoms with van der Waals surface area (Å²) in [5.74, 6) is -0.0793. The van der Waals surface area contributed by atoms with Crippen molar-refractivity contribution in [2.45, 2.75) is 19.7 Å². The number of rotatable bonds is 4. The van der Waals surface area contributed by atoms with Crippen LogP contribution in [0.25, 0.3) is 11.0 Å². The van der Waals surface area contributed by atoms with Crippen molar-refractivity contribution in [2.24, 2.45) is 0 Å². The molecule has 0 saturated heterocycles. The Morgan fingerprint density at radius 2 is 1.88 bits per heavy atom. The minimum atomic E-state index is -4.71. The highest BCUT2D eigenvalue weighted by Crippen LogP contribution is 2.24. The molecule has 1 heterocycles. The van der Waals surface area contributed by atoms with Gasteiger partial charge in [0.2, 0.25) is 0 Å². The topological polar surface area (TPSA) is 64.2 Å². The molecule has 3 rings (SSSR count). The fourth-order valence-corrected chi connectivity index (χ4v) is 2.63. The van der Waals surface area contributed by atoms with Gasteiger partial charge in [-0.25, -0.2) is 9.78 Å². The smallest absolute Gasteiger partial charge is 0.465 e. The monoisotopic (exact) mass is 364 g/mol. The van der Waals surface area contributed by atoms with Crippen LogP contribution in [0.4, 0.5) is 13.2 Å². The van der Waals surface area contributed by atoms with Crippen molar-refractivity contribution in [1.82, 2.24) is 9.97 Å². The summed E-state index contributed by atoms with van der Waals surface area (Å²) in [5.41, 5.74) is 3.34. The summed E-state index contributed by atoms with van der Waals surface area (Å²) in [5, 5.41) is 0. The van der Waals surface area contributed by atoms with Crippen LogP contribution in [0.15, 0.2) is 36.4 Å². The van der Waals surface area contributed by atoms with Crippen molar-refractivity contribution in [3.05, 3.63) is 58.9 Å². The summed E-state index contributed by atoms with van der Waals surface area (Å²) in [6.07, 6.45) is -4.32. The number of H-pyrrole nitrogens is 1. The van der Waals surface area contributed by atoms with Crippen LogP contribution in [0.1, 0.15) is 27.3 Å². The van der Waals surface area contributed by atoms with E-state index in [0.717, 1.165) is 16.6 Å². The second-order valence-electron chi connectivity index (χ2n) is 5.73. The maximum Gasteiger partial charge on any atom is 0.573 e. The molecular formula is C18H15F3N2O3. The summed E-state index contributed by atoms with van der Waals surface area (Å²) in [4.78, 5) is 19.3. The van der Waals surface area contributed by atoms with Gasteiger partial charge in [0.05, 0.1) is 23.7 Å². The number of aryl methyl sites for hydroxylation is 1. The highest BCUT2D eigenvalue weighted by Gasteiger charge is 2.30. The zero-order chi connectivity index (χ0) is 18.9. The predicted molar refractivity (Wildman–Crippen MR) is 88.1 cm³/mol. The van der Waals surface area contributed by atoms with E-state index in [2.05, 4.69) is 14.7 Å². The molecule has 2 aromatic carbocycles. The van der Waals surface area contributed by atoms with Gasteiger partial charge in [-0.15, -0.1) is 13.2 Å². The Bertz CT molecular complexity index is 947. The summed E-state index contributed by atoms with van der Waals surface area (Å²) >= 11 is 0. The molecule has 8 heteroatoms. The zero-order valence-electron chi connectivity index (χ0n) is 14.0. The zero-order valence-corrected chi connectivity index (χ0v) is 14.0. The largest absolute Gasteiger partial charge is 0.573 e. The number of alkyl halides is 3. The lowest BCUT2D eigenvalue weighted by molar-refractivity contribution is -0.274. The molecule has 0 aliphatic heterocycles. The lowest BCUT2D eigenvalue weighted by Crippen LogP contribution is -2.17. The van der Waals surface area contributed by atoms with E-state index >= 15 is 0 Å². The number of ether oxygens (including phenoxy) is 2. The molecule has 1 N–H and O–H groups in total. The first-order chi connectivity index (χ1) is 12.2. The number of carbonyl (C=O) groups is 1. The summed E-state index contributed by atoms with van der Waals surface area (Å²) < 4.78 is 45.1. The van der Waals surface area contributed by atoms with Crippen molar-refractivity contribution in [3.8, 4) is 5.75 Å². The fraction of sp³-hybridized carbons (Fsp3) is 0.222. The number of imidazole rings is 1. The first-order valence-electron chi connectivity index (χ1n) is 7.67. The van der Waals surface area contributed by atoms with Crippen molar-refractivity contribution in [2.75, 3.05) is 7.11 Å². The second-order valence-corrected chi connectivity index (χ2v) is 5.73. The Morgan fingerprint density at radius 1 is 1.19 bits per heavy atom. The van der Waals surface area contributed by atoms with E-state index in [-0.39, 0.29) is 5.75 Å². The van der Waals surface area contributed by atoms with E-state index in [1.807, 2.05) is 0 Å². The molecule has 0 bridgehead atoms. The van der Waals surface area contributed by atoms with Crippen LogP contribution in [0, 0.1) is 6.92 Å². The third kappa shape index (κ3) is 3.96. The van der Waals surface area contributed by atoms with Crippen LogP contribution in [-0.2, 0) is 11.2 Å². The van der Waals surface area contributed by atoms with Gasteiger partial charge in [-0.1, -0.05) is 12.1 Å². The number of esters is 1. The quantitative estimate of drug-likeness (QED) is 0.707. The molecular weight excluding hydrogens is 349 g/mol. The van der Waals surface area contributed by atoms with Crippen molar-refractivity contribution in [1.29, 1.82) is 0 Å². The Kier molecular flexibility index (Phi) is 4.58. The number of benzene rings is 2. The summed E-state index contributed by atoms with van der Waals surface area (Å²) in [6.45, 7) is 1.80. The standard InChI is InChI=1S/C18H15F3N2O3/c1-10-7-14-15(9-13(10)17(24)25-2)23-16(22-14)8-11-3-5-12(6-4-11)26-18(19,20)21/h3-7,9H,8H2,1-2H3,(H,22,23). The van der Waals surface area contributed by atoms with Gasteiger partial charge in [-0.05, 0) is 42.3 Å². The summed E-state index contributed by atoms with van der Waals surface area (Å²) in [6, 6.07) is 9.05. The van der Waals surface area contributed by atoms with Crippen LogP contribution in [0.2, 0.25) is 0 Å². The number of hydrogen-bond donors (Lipinski definition) is 1. The maximum atomic E-state index is 12.2. The SMILES string of the molecule is COC(=O)c1cc2nc(Cc3ccc(OC(F)(F)F)cc3)[nH]c2cc1C. The van der Waals surface area contributed by atoms with E-state index in [4.69, 9.17) is 4.74 Å². The normalized spacial score (nSPS) is 11.6. The summed E-state index contributed by atoms with van der Waals surface area (Å²) in [7, 11) is 1.31. The third-order valence-electron chi connectivity index (χ3n) is 3.81. The Labute approximate surface area is 146 Å². The molecule has 0 atom stereocenters. The predicted octanol–water partition coefficient (Wildman–Crippen LogP) is 4.15. The Balaban J connectivity index is 1.82. The Hall–Kier alpha value is -3.03. The van der Waals surface area contributed by atoms with E-state index in [9.17, 15) is 18.0 Å². The molecule has 26 heavy (non-hydrogen) atoms. The van der Waals surface area contributed by atoms with Gasteiger partial charge in [0.15, 0.2) is 0 Å². The van der Waals surface area contributed by atoms with Gasteiger partial charge in [-0.3, -0.25) is 0 Å². The number of fused-ring (bicyclic) bond motifs is 1. The number of hydrogen-bond acceptors (Lipinski definition) is 4. The fourth-order valence-electron chi connectivity index (χ4n) is 2.63. The number of aromatic amines is 1.